The van der Waals surface area contributed by atoms with Crippen molar-refractivity contribution in [3.8, 4) is 5.75 Å². The number of halogens is 2. The fraction of sp³-hybridized carbons (Fsp3) is 0.176. The third kappa shape index (κ3) is 3.47. The van der Waals surface area contributed by atoms with Crippen molar-refractivity contribution in [2.75, 3.05) is 6.61 Å². The first-order valence-corrected chi connectivity index (χ1v) is 8.02. The van der Waals surface area contributed by atoms with E-state index in [1.54, 1.807) is 42.5 Å². The van der Waals surface area contributed by atoms with E-state index in [1.165, 1.54) is 4.57 Å². The van der Waals surface area contributed by atoms with E-state index in [2.05, 4.69) is 0 Å². The SMILES string of the molecule is O=c1oc(=O)n(CCCOc2ccc(Cl)cc2Cl)c2ccccc12. The molecule has 24 heavy (non-hydrogen) atoms. The number of hydrogen-bond donors (Lipinski definition) is 0. The molecule has 0 amide bonds. The summed E-state index contributed by atoms with van der Waals surface area (Å²) in [5.41, 5.74) is -0.0840. The molecule has 0 spiro atoms. The van der Waals surface area contributed by atoms with Crippen LogP contribution < -0.4 is 16.1 Å². The molecule has 1 heterocycles. The average molecular weight is 366 g/mol. The standard InChI is InChI=1S/C17H13Cl2NO4/c18-11-6-7-15(13(19)10-11)23-9-3-8-20-14-5-2-1-4-12(14)16(21)24-17(20)22/h1-2,4-7,10H,3,8-9H2. The molecule has 124 valence electrons. The minimum atomic E-state index is -0.678. The average Bonchev–Trinajstić information content (AvgIpc) is 2.55. The first-order valence-electron chi connectivity index (χ1n) is 7.27. The van der Waals surface area contributed by atoms with Crippen molar-refractivity contribution in [1.29, 1.82) is 0 Å². The Balaban J connectivity index is 1.72. The fourth-order valence-corrected chi connectivity index (χ4v) is 2.84. The monoisotopic (exact) mass is 365 g/mol. The van der Waals surface area contributed by atoms with Crippen LogP contribution in [0.15, 0.2) is 56.5 Å². The van der Waals surface area contributed by atoms with Crippen LogP contribution in [0.4, 0.5) is 0 Å². The number of ether oxygens (including phenoxy) is 1. The Hall–Kier alpha value is -2.24. The molecule has 0 aliphatic rings. The lowest BCUT2D eigenvalue weighted by Crippen LogP contribution is -2.25. The maximum absolute atomic E-state index is 11.9. The Labute approximate surface area is 147 Å². The molecule has 3 aromatic rings. The van der Waals surface area contributed by atoms with Gasteiger partial charge in [-0.3, -0.25) is 4.57 Å². The van der Waals surface area contributed by atoms with Crippen LogP contribution >= 0.6 is 23.2 Å². The summed E-state index contributed by atoms with van der Waals surface area (Å²) in [6.45, 7) is 0.704. The third-order valence-corrected chi connectivity index (χ3v) is 4.02. The number of benzene rings is 2. The van der Waals surface area contributed by atoms with Gasteiger partial charge in [-0.2, -0.15) is 0 Å². The quantitative estimate of drug-likeness (QED) is 0.646. The van der Waals surface area contributed by atoms with E-state index in [1.807, 2.05) is 0 Å². The highest BCUT2D eigenvalue weighted by Gasteiger charge is 2.09. The fourth-order valence-electron chi connectivity index (χ4n) is 2.38. The van der Waals surface area contributed by atoms with Crippen LogP contribution in [0, 0.1) is 0 Å². The molecule has 0 unspecified atom stereocenters. The minimum Gasteiger partial charge on any atom is -0.492 e. The molecule has 3 rings (SSSR count). The first kappa shape index (κ1) is 16.6. The molecule has 0 N–H and O–H groups in total. The summed E-state index contributed by atoms with van der Waals surface area (Å²) < 4.78 is 11.8. The predicted molar refractivity (Wildman–Crippen MR) is 93.3 cm³/mol. The van der Waals surface area contributed by atoms with E-state index in [9.17, 15) is 9.59 Å². The summed E-state index contributed by atoms with van der Waals surface area (Å²) >= 11 is 11.9. The van der Waals surface area contributed by atoms with E-state index in [0.717, 1.165) is 0 Å². The van der Waals surface area contributed by atoms with Gasteiger partial charge in [0.1, 0.15) is 5.75 Å². The number of aryl methyl sites for hydroxylation is 1. The molecule has 0 radical (unpaired) electrons. The molecule has 5 nitrogen and oxygen atoms in total. The summed E-state index contributed by atoms with van der Waals surface area (Å²) in [4.78, 5) is 23.6. The highest BCUT2D eigenvalue weighted by Crippen LogP contribution is 2.27. The summed E-state index contributed by atoms with van der Waals surface area (Å²) in [7, 11) is 0. The zero-order valence-corrected chi connectivity index (χ0v) is 14.0. The molecule has 7 heteroatoms. The summed E-state index contributed by atoms with van der Waals surface area (Å²) in [6.07, 6.45) is 0.538. The smallest absolute Gasteiger partial charge is 0.422 e. The second-order valence-electron chi connectivity index (χ2n) is 5.10. The minimum absolute atomic E-state index is 0.348. The zero-order chi connectivity index (χ0) is 17.1. The van der Waals surface area contributed by atoms with Gasteiger partial charge in [0.2, 0.25) is 0 Å². The number of aromatic nitrogens is 1. The molecule has 1 aromatic heterocycles. The van der Waals surface area contributed by atoms with Crippen LogP contribution in [0.2, 0.25) is 10.0 Å². The van der Waals surface area contributed by atoms with E-state index < -0.39 is 11.4 Å². The van der Waals surface area contributed by atoms with Crippen LogP contribution in [0.5, 0.6) is 5.75 Å². The largest absolute Gasteiger partial charge is 0.492 e. The number of fused-ring (bicyclic) bond motifs is 1. The van der Waals surface area contributed by atoms with Crippen LogP contribution in [-0.4, -0.2) is 11.2 Å². The van der Waals surface area contributed by atoms with Crippen LogP contribution in [-0.2, 0) is 6.54 Å². The van der Waals surface area contributed by atoms with Gasteiger partial charge in [-0.25, -0.2) is 9.59 Å². The van der Waals surface area contributed by atoms with Gasteiger partial charge in [0.25, 0.3) is 0 Å². The molecule has 0 saturated carbocycles. The Morgan fingerprint density at radius 3 is 2.67 bits per heavy atom. The molecule has 0 saturated heterocycles. The molecular weight excluding hydrogens is 353 g/mol. The van der Waals surface area contributed by atoms with Crippen LogP contribution in [0.3, 0.4) is 0 Å². The summed E-state index contributed by atoms with van der Waals surface area (Å²) in [6, 6.07) is 11.8. The molecule has 0 atom stereocenters. The van der Waals surface area contributed by atoms with E-state index >= 15 is 0 Å². The van der Waals surface area contributed by atoms with Crippen molar-refractivity contribution in [1.82, 2.24) is 4.57 Å². The van der Waals surface area contributed by atoms with Crippen molar-refractivity contribution in [2.24, 2.45) is 0 Å². The van der Waals surface area contributed by atoms with Gasteiger partial charge in [-0.05, 0) is 36.8 Å². The van der Waals surface area contributed by atoms with Gasteiger partial charge in [0.05, 0.1) is 22.5 Å². The van der Waals surface area contributed by atoms with Crippen molar-refractivity contribution >= 4 is 34.1 Å². The topological polar surface area (TPSA) is 61.4 Å². The number of hydrogen-bond acceptors (Lipinski definition) is 4. The zero-order valence-electron chi connectivity index (χ0n) is 12.5. The van der Waals surface area contributed by atoms with Gasteiger partial charge in [-0.15, -0.1) is 0 Å². The molecule has 0 fully saturated rings. The maximum Gasteiger partial charge on any atom is 0.422 e. The van der Waals surface area contributed by atoms with E-state index in [-0.39, 0.29) is 0 Å². The number of rotatable bonds is 5. The summed E-state index contributed by atoms with van der Waals surface area (Å²) in [5.74, 6) is -0.152. The second kappa shape index (κ2) is 7.11. The Morgan fingerprint density at radius 1 is 1.08 bits per heavy atom. The van der Waals surface area contributed by atoms with Crippen LogP contribution in [0.25, 0.3) is 10.9 Å². The second-order valence-corrected chi connectivity index (χ2v) is 5.94. The molecule has 0 aliphatic carbocycles. The van der Waals surface area contributed by atoms with Gasteiger partial charge in [0.15, 0.2) is 0 Å². The lowest BCUT2D eigenvalue weighted by atomic mass is 10.2. The van der Waals surface area contributed by atoms with Gasteiger partial charge in [-0.1, -0.05) is 35.3 Å². The Bertz CT molecular complexity index is 994. The Morgan fingerprint density at radius 2 is 1.88 bits per heavy atom. The Kier molecular flexibility index (Phi) is 4.92. The van der Waals surface area contributed by atoms with Crippen molar-refractivity contribution in [3.05, 3.63) is 73.5 Å². The first-order chi connectivity index (χ1) is 11.6. The van der Waals surface area contributed by atoms with E-state index in [4.69, 9.17) is 32.4 Å². The summed E-state index contributed by atoms with van der Waals surface area (Å²) in [5, 5.41) is 1.33. The normalized spacial score (nSPS) is 10.9. The van der Waals surface area contributed by atoms with Crippen molar-refractivity contribution in [2.45, 2.75) is 13.0 Å². The lowest BCUT2D eigenvalue weighted by molar-refractivity contribution is 0.297. The van der Waals surface area contributed by atoms with Gasteiger partial charge in [0, 0.05) is 11.6 Å². The van der Waals surface area contributed by atoms with E-state index in [0.29, 0.717) is 46.3 Å². The number of nitrogens with zero attached hydrogens (tertiary/aromatic N) is 1. The van der Waals surface area contributed by atoms with Gasteiger partial charge < -0.3 is 9.15 Å². The molecule has 0 bridgehead atoms. The lowest BCUT2D eigenvalue weighted by Gasteiger charge is -2.10. The number of para-hydroxylation sites is 1. The highest BCUT2D eigenvalue weighted by atomic mass is 35.5. The predicted octanol–water partition coefficient (Wildman–Crippen LogP) is 3.73. The molecule has 0 aliphatic heterocycles. The van der Waals surface area contributed by atoms with Crippen molar-refractivity contribution < 1.29 is 9.15 Å². The van der Waals surface area contributed by atoms with Crippen LogP contribution in [0.1, 0.15) is 6.42 Å². The van der Waals surface area contributed by atoms with Gasteiger partial charge >= 0.3 is 11.4 Å². The molecule has 2 aromatic carbocycles. The highest BCUT2D eigenvalue weighted by molar-refractivity contribution is 6.35. The third-order valence-electron chi connectivity index (χ3n) is 3.49. The van der Waals surface area contributed by atoms with Crippen molar-refractivity contribution in [3.63, 3.8) is 0 Å². The molecular formula is C17H13Cl2NO4. The maximum atomic E-state index is 11.9.